The summed E-state index contributed by atoms with van der Waals surface area (Å²) < 4.78 is 21.0. The van der Waals surface area contributed by atoms with E-state index >= 15 is 0 Å². The molecule has 0 radical (unpaired) electrons. The molecule has 6 heteroatoms. The van der Waals surface area contributed by atoms with Gasteiger partial charge in [-0.3, -0.25) is 4.79 Å². The van der Waals surface area contributed by atoms with Gasteiger partial charge in [-0.05, 0) is 30.5 Å². The normalized spacial score (nSPS) is 11.9. The first-order valence-electron chi connectivity index (χ1n) is 11.9. The minimum absolute atomic E-state index is 0.228. The van der Waals surface area contributed by atoms with E-state index in [1.165, 1.54) is 12.1 Å². The summed E-state index contributed by atoms with van der Waals surface area (Å²) in [5.74, 6) is -0.773. The number of halogens is 1. The first-order valence-corrected chi connectivity index (χ1v) is 11.9. The molecule has 2 N–H and O–H groups in total. The predicted molar refractivity (Wildman–Crippen MR) is 136 cm³/mol. The second kappa shape index (κ2) is 12.1. The van der Waals surface area contributed by atoms with Gasteiger partial charge in [-0.1, -0.05) is 85.6 Å². The topological polar surface area (TPSA) is 70.1 Å². The van der Waals surface area contributed by atoms with Crippen LogP contribution in [0.4, 0.5) is 4.39 Å². The summed E-state index contributed by atoms with van der Waals surface area (Å²) in [6.07, 6.45) is 4.49. The van der Waals surface area contributed by atoms with Crippen LogP contribution < -0.4 is 5.73 Å². The van der Waals surface area contributed by atoms with Crippen molar-refractivity contribution < 1.29 is 13.9 Å². The Hall–Kier alpha value is -3.77. The Bertz CT molecular complexity index is 1210. The number of amides is 1. The maximum Gasteiger partial charge on any atom is 0.246 e. The lowest BCUT2D eigenvalue weighted by molar-refractivity contribution is -0.130. The smallest absolute Gasteiger partial charge is 0.246 e. The molecule has 0 bridgehead atoms. The van der Waals surface area contributed by atoms with Crippen molar-refractivity contribution in [1.29, 1.82) is 0 Å². The second-order valence-corrected chi connectivity index (χ2v) is 8.55. The Morgan fingerprint density at radius 2 is 1.54 bits per heavy atom. The van der Waals surface area contributed by atoms with Crippen molar-refractivity contribution in [2.75, 3.05) is 0 Å². The highest BCUT2D eigenvalue weighted by molar-refractivity contribution is 5.79. The number of ether oxygens (including phenoxy) is 1. The standard InChI is InChI=1S/C29H30FN3O2/c30-25-17-15-22(16-18-25)20-35-26(29(31)34)14-8-3-9-19-33-21-32-27(23-10-4-1-5-11-23)28(33)24-12-6-2-7-13-24/h1-2,4-7,10-13,15-18,21,26H,3,8-9,14,19-20H2,(H2,31,34). The Morgan fingerprint density at radius 3 is 2.20 bits per heavy atom. The highest BCUT2D eigenvalue weighted by Gasteiger charge is 2.17. The SMILES string of the molecule is NC(=O)C(CCCCCn1cnc(-c2ccccc2)c1-c1ccccc1)OCc1ccc(F)cc1. The molecule has 3 aromatic carbocycles. The average Bonchev–Trinajstić information content (AvgIpc) is 3.31. The number of rotatable bonds is 12. The zero-order valence-electron chi connectivity index (χ0n) is 19.6. The number of carbonyl (C=O) groups is 1. The lowest BCUT2D eigenvalue weighted by Crippen LogP contribution is -2.31. The van der Waals surface area contributed by atoms with E-state index in [0.29, 0.717) is 6.42 Å². The molecule has 0 aliphatic rings. The number of aryl methyl sites for hydroxylation is 1. The number of hydrogen-bond donors (Lipinski definition) is 1. The average molecular weight is 472 g/mol. The van der Waals surface area contributed by atoms with Gasteiger partial charge in [0, 0.05) is 17.7 Å². The zero-order chi connectivity index (χ0) is 24.5. The Morgan fingerprint density at radius 1 is 0.886 bits per heavy atom. The van der Waals surface area contributed by atoms with Gasteiger partial charge in [-0.15, -0.1) is 0 Å². The fourth-order valence-electron chi connectivity index (χ4n) is 4.13. The fraction of sp³-hybridized carbons (Fsp3) is 0.241. The lowest BCUT2D eigenvalue weighted by atomic mass is 10.0. The predicted octanol–water partition coefficient (Wildman–Crippen LogP) is 5.99. The van der Waals surface area contributed by atoms with Gasteiger partial charge in [0.2, 0.25) is 5.91 Å². The molecule has 0 saturated carbocycles. The van der Waals surface area contributed by atoms with E-state index in [1.54, 1.807) is 12.1 Å². The number of imidazole rings is 1. The van der Waals surface area contributed by atoms with Crippen molar-refractivity contribution in [3.05, 3.63) is 103 Å². The molecule has 0 fully saturated rings. The van der Waals surface area contributed by atoms with Crippen LogP contribution in [0.2, 0.25) is 0 Å². The van der Waals surface area contributed by atoms with Gasteiger partial charge in [0.1, 0.15) is 11.9 Å². The minimum atomic E-state index is -0.655. The Balaban J connectivity index is 1.33. The lowest BCUT2D eigenvalue weighted by Gasteiger charge is -2.15. The van der Waals surface area contributed by atoms with Crippen LogP contribution in [0, 0.1) is 5.82 Å². The molecular formula is C29H30FN3O2. The molecular weight excluding hydrogens is 441 g/mol. The van der Waals surface area contributed by atoms with Crippen molar-refractivity contribution in [2.24, 2.45) is 5.73 Å². The maximum atomic E-state index is 13.1. The first-order chi connectivity index (χ1) is 17.1. The number of carbonyl (C=O) groups excluding carboxylic acids is 1. The van der Waals surface area contributed by atoms with Gasteiger partial charge in [-0.2, -0.15) is 0 Å². The molecule has 1 amide bonds. The van der Waals surface area contributed by atoms with Crippen LogP contribution in [-0.2, 0) is 22.7 Å². The molecule has 35 heavy (non-hydrogen) atoms. The molecule has 4 rings (SSSR count). The van der Waals surface area contributed by atoms with Crippen molar-refractivity contribution in [3.63, 3.8) is 0 Å². The van der Waals surface area contributed by atoms with Gasteiger partial charge >= 0.3 is 0 Å². The molecule has 5 nitrogen and oxygen atoms in total. The summed E-state index contributed by atoms with van der Waals surface area (Å²) in [7, 11) is 0. The molecule has 180 valence electrons. The van der Waals surface area contributed by atoms with Crippen LogP contribution in [0.3, 0.4) is 0 Å². The van der Waals surface area contributed by atoms with Gasteiger partial charge < -0.3 is 15.0 Å². The number of benzene rings is 3. The zero-order valence-corrected chi connectivity index (χ0v) is 19.6. The van der Waals surface area contributed by atoms with Gasteiger partial charge in [0.05, 0.1) is 24.3 Å². The first kappa shape index (κ1) is 24.4. The third-order valence-corrected chi connectivity index (χ3v) is 5.98. The number of unbranched alkanes of at least 4 members (excludes halogenated alkanes) is 2. The summed E-state index contributed by atoms with van der Waals surface area (Å²) in [5.41, 5.74) is 10.6. The summed E-state index contributed by atoms with van der Waals surface area (Å²) in [4.78, 5) is 16.6. The number of nitrogens with two attached hydrogens (primary N) is 1. The van der Waals surface area contributed by atoms with Crippen LogP contribution in [-0.4, -0.2) is 21.6 Å². The number of nitrogens with zero attached hydrogens (tertiary/aromatic N) is 2. The van der Waals surface area contributed by atoms with E-state index in [9.17, 15) is 9.18 Å². The summed E-state index contributed by atoms with van der Waals surface area (Å²) in [6.45, 7) is 1.05. The quantitative estimate of drug-likeness (QED) is 0.258. The Labute approximate surface area is 205 Å². The largest absolute Gasteiger partial charge is 0.367 e. The molecule has 1 heterocycles. The van der Waals surface area contributed by atoms with Crippen molar-refractivity contribution in [1.82, 2.24) is 9.55 Å². The molecule has 0 aliphatic heterocycles. The van der Waals surface area contributed by atoms with Crippen LogP contribution in [0.5, 0.6) is 0 Å². The van der Waals surface area contributed by atoms with Gasteiger partial charge in [0.25, 0.3) is 0 Å². The molecule has 0 spiro atoms. The molecule has 1 atom stereocenters. The highest BCUT2D eigenvalue weighted by atomic mass is 19.1. The maximum absolute atomic E-state index is 13.1. The van der Waals surface area contributed by atoms with E-state index in [2.05, 4.69) is 28.8 Å². The molecule has 4 aromatic rings. The number of primary amides is 1. The molecule has 1 unspecified atom stereocenters. The number of hydrogen-bond acceptors (Lipinski definition) is 3. The molecule has 1 aromatic heterocycles. The van der Waals surface area contributed by atoms with E-state index in [0.717, 1.165) is 53.9 Å². The molecule has 0 aliphatic carbocycles. The van der Waals surface area contributed by atoms with Crippen molar-refractivity contribution >= 4 is 5.91 Å². The van der Waals surface area contributed by atoms with Crippen LogP contribution >= 0.6 is 0 Å². The van der Waals surface area contributed by atoms with Gasteiger partial charge in [-0.25, -0.2) is 9.37 Å². The summed E-state index contributed by atoms with van der Waals surface area (Å²) in [6, 6.07) is 26.6. The van der Waals surface area contributed by atoms with E-state index in [4.69, 9.17) is 15.5 Å². The van der Waals surface area contributed by atoms with Crippen LogP contribution in [0.25, 0.3) is 22.5 Å². The van der Waals surface area contributed by atoms with Gasteiger partial charge in [0.15, 0.2) is 0 Å². The van der Waals surface area contributed by atoms with E-state index in [1.807, 2.05) is 42.7 Å². The highest BCUT2D eigenvalue weighted by Crippen LogP contribution is 2.31. The van der Waals surface area contributed by atoms with Crippen LogP contribution in [0.1, 0.15) is 31.2 Å². The Kier molecular flexibility index (Phi) is 8.41. The summed E-state index contributed by atoms with van der Waals surface area (Å²) >= 11 is 0. The molecule has 0 saturated heterocycles. The van der Waals surface area contributed by atoms with E-state index in [-0.39, 0.29) is 12.4 Å². The second-order valence-electron chi connectivity index (χ2n) is 8.55. The third-order valence-electron chi connectivity index (χ3n) is 5.98. The monoisotopic (exact) mass is 471 g/mol. The fourth-order valence-corrected chi connectivity index (χ4v) is 4.13. The van der Waals surface area contributed by atoms with E-state index < -0.39 is 12.0 Å². The van der Waals surface area contributed by atoms with Crippen molar-refractivity contribution in [2.45, 2.75) is 44.9 Å². The van der Waals surface area contributed by atoms with Crippen molar-refractivity contribution in [3.8, 4) is 22.5 Å². The van der Waals surface area contributed by atoms with Crippen LogP contribution in [0.15, 0.2) is 91.3 Å². The number of aromatic nitrogens is 2. The third kappa shape index (κ3) is 6.64. The minimum Gasteiger partial charge on any atom is -0.367 e. The summed E-state index contributed by atoms with van der Waals surface area (Å²) in [5, 5.41) is 0.